The third kappa shape index (κ3) is 1.80. The van der Waals surface area contributed by atoms with E-state index < -0.39 is 0 Å². The fourth-order valence-corrected chi connectivity index (χ4v) is 2.16. The van der Waals surface area contributed by atoms with Crippen LogP contribution in [-0.4, -0.2) is 28.6 Å². The first-order chi connectivity index (χ1) is 7.74. The molecule has 1 fully saturated rings. The second-order valence-electron chi connectivity index (χ2n) is 4.04. The van der Waals surface area contributed by atoms with Crippen LogP contribution < -0.4 is 10.6 Å². The van der Waals surface area contributed by atoms with Crippen LogP contribution in [0.15, 0.2) is 23.5 Å². The Morgan fingerprint density at radius 1 is 1.69 bits per heavy atom. The maximum atomic E-state index is 8.73. The van der Waals surface area contributed by atoms with Crippen LogP contribution in [0.5, 0.6) is 0 Å². The summed E-state index contributed by atoms with van der Waals surface area (Å²) in [6.07, 6.45) is 3.99. The normalized spacial score (nSPS) is 21.4. The highest BCUT2D eigenvalue weighted by Gasteiger charge is 2.24. The van der Waals surface area contributed by atoms with E-state index in [4.69, 9.17) is 10.9 Å². The van der Waals surface area contributed by atoms with Gasteiger partial charge in [-0.1, -0.05) is 5.16 Å². The lowest BCUT2D eigenvalue weighted by molar-refractivity contribution is 0.318. The van der Waals surface area contributed by atoms with Gasteiger partial charge in [-0.25, -0.2) is 0 Å². The quantitative estimate of drug-likeness (QED) is 0.339. The number of aromatic nitrogens is 1. The number of anilines is 1. The molecule has 1 saturated heterocycles. The molecule has 1 aromatic rings. The van der Waals surface area contributed by atoms with E-state index in [1.807, 2.05) is 12.1 Å². The highest BCUT2D eigenvalue weighted by Crippen LogP contribution is 2.27. The summed E-state index contributed by atoms with van der Waals surface area (Å²) in [4.78, 5) is 6.42. The molecule has 86 valence electrons. The Morgan fingerprint density at radius 2 is 2.50 bits per heavy atom. The Balaban J connectivity index is 2.40. The molecule has 0 bridgehead atoms. The van der Waals surface area contributed by atoms with Crippen molar-refractivity contribution in [1.82, 2.24) is 4.98 Å². The van der Waals surface area contributed by atoms with Gasteiger partial charge >= 0.3 is 0 Å². The Morgan fingerprint density at radius 3 is 3.12 bits per heavy atom. The predicted octanol–water partition coefficient (Wildman–Crippen LogP) is 1.16. The van der Waals surface area contributed by atoms with E-state index in [-0.39, 0.29) is 5.84 Å². The van der Waals surface area contributed by atoms with Crippen molar-refractivity contribution in [2.45, 2.75) is 25.8 Å². The molecule has 0 radical (unpaired) electrons. The Labute approximate surface area is 94.6 Å². The van der Waals surface area contributed by atoms with Gasteiger partial charge in [0.1, 0.15) is 5.69 Å². The molecule has 1 unspecified atom stereocenters. The average molecular weight is 220 g/mol. The lowest BCUT2D eigenvalue weighted by atomic mass is 10.2. The van der Waals surface area contributed by atoms with E-state index in [0.717, 1.165) is 12.2 Å². The summed E-state index contributed by atoms with van der Waals surface area (Å²) in [7, 11) is 0. The van der Waals surface area contributed by atoms with Crippen molar-refractivity contribution in [3.05, 3.63) is 24.0 Å². The van der Waals surface area contributed by atoms with Crippen LogP contribution in [0.4, 0.5) is 5.69 Å². The van der Waals surface area contributed by atoms with Gasteiger partial charge in [0.15, 0.2) is 5.84 Å². The topological polar surface area (TPSA) is 74.7 Å². The predicted molar refractivity (Wildman–Crippen MR) is 62.8 cm³/mol. The number of oxime groups is 1. The summed E-state index contributed by atoms with van der Waals surface area (Å²) in [6, 6.07) is 4.31. The smallest absolute Gasteiger partial charge is 0.190 e. The van der Waals surface area contributed by atoms with E-state index >= 15 is 0 Å². The van der Waals surface area contributed by atoms with Gasteiger partial charge in [-0.15, -0.1) is 0 Å². The number of amidine groups is 1. The van der Waals surface area contributed by atoms with Gasteiger partial charge in [-0.05, 0) is 31.9 Å². The van der Waals surface area contributed by atoms with Crippen molar-refractivity contribution < 1.29 is 5.21 Å². The van der Waals surface area contributed by atoms with Crippen LogP contribution in [-0.2, 0) is 0 Å². The average Bonchev–Trinajstić information content (AvgIpc) is 2.74. The maximum absolute atomic E-state index is 8.73. The SMILES string of the molecule is CC1CCCN1c1cccnc1/C(N)=N/O. The fourth-order valence-electron chi connectivity index (χ4n) is 2.16. The summed E-state index contributed by atoms with van der Waals surface area (Å²) >= 11 is 0. The number of nitrogens with two attached hydrogens (primary N) is 1. The van der Waals surface area contributed by atoms with Crippen molar-refractivity contribution in [2.75, 3.05) is 11.4 Å². The van der Waals surface area contributed by atoms with Gasteiger partial charge in [0.05, 0.1) is 5.69 Å². The second kappa shape index (κ2) is 4.38. The van der Waals surface area contributed by atoms with Crippen LogP contribution in [0.1, 0.15) is 25.5 Å². The molecule has 0 spiro atoms. The van der Waals surface area contributed by atoms with Crippen LogP contribution in [0.3, 0.4) is 0 Å². The molecule has 16 heavy (non-hydrogen) atoms. The zero-order valence-corrected chi connectivity index (χ0v) is 9.30. The van der Waals surface area contributed by atoms with Crippen molar-refractivity contribution in [1.29, 1.82) is 0 Å². The largest absolute Gasteiger partial charge is 0.409 e. The Hall–Kier alpha value is -1.78. The van der Waals surface area contributed by atoms with Crippen molar-refractivity contribution in [3.8, 4) is 0 Å². The van der Waals surface area contributed by atoms with Crippen LogP contribution in [0, 0.1) is 0 Å². The minimum absolute atomic E-state index is 0.0645. The zero-order chi connectivity index (χ0) is 11.5. The molecule has 5 heteroatoms. The molecule has 0 saturated carbocycles. The zero-order valence-electron chi connectivity index (χ0n) is 9.30. The van der Waals surface area contributed by atoms with Crippen molar-refractivity contribution in [3.63, 3.8) is 0 Å². The lowest BCUT2D eigenvalue weighted by Gasteiger charge is -2.25. The molecule has 1 atom stereocenters. The number of pyridine rings is 1. The van der Waals surface area contributed by atoms with Gasteiger partial charge in [0.25, 0.3) is 0 Å². The minimum atomic E-state index is 0.0645. The van der Waals surface area contributed by atoms with Crippen LogP contribution in [0.25, 0.3) is 0 Å². The molecule has 0 amide bonds. The fraction of sp³-hybridized carbons (Fsp3) is 0.455. The lowest BCUT2D eigenvalue weighted by Crippen LogP contribution is -2.29. The molecule has 2 rings (SSSR count). The molecule has 0 aromatic carbocycles. The molecule has 1 aliphatic heterocycles. The van der Waals surface area contributed by atoms with E-state index in [0.29, 0.717) is 11.7 Å². The Kier molecular flexibility index (Phi) is 2.94. The molecular formula is C11H16N4O. The summed E-state index contributed by atoms with van der Waals surface area (Å²) < 4.78 is 0. The third-order valence-corrected chi connectivity index (χ3v) is 3.00. The highest BCUT2D eigenvalue weighted by molar-refractivity contribution is 6.00. The summed E-state index contributed by atoms with van der Waals surface area (Å²) in [5, 5.41) is 11.7. The van der Waals surface area contributed by atoms with Gasteiger partial charge in [0, 0.05) is 18.8 Å². The molecule has 1 aromatic heterocycles. The second-order valence-corrected chi connectivity index (χ2v) is 4.04. The van der Waals surface area contributed by atoms with Crippen molar-refractivity contribution >= 4 is 11.5 Å². The minimum Gasteiger partial charge on any atom is -0.409 e. The monoisotopic (exact) mass is 220 g/mol. The van der Waals surface area contributed by atoms with E-state index in [9.17, 15) is 0 Å². The molecule has 2 heterocycles. The molecule has 1 aliphatic rings. The first-order valence-electron chi connectivity index (χ1n) is 5.43. The number of hydrogen-bond acceptors (Lipinski definition) is 4. The van der Waals surface area contributed by atoms with Crippen molar-refractivity contribution in [2.24, 2.45) is 10.9 Å². The summed E-state index contributed by atoms with van der Waals surface area (Å²) in [6.45, 7) is 3.18. The molecular weight excluding hydrogens is 204 g/mol. The van der Waals surface area contributed by atoms with E-state index in [2.05, 4.69) is 22.0 Å². The van der Waals surface area contributed by atoms with Gasteiger partial charge in [-0.3, -0.25) is 4.98 Å². The number of nitrogens with zero attached hydrogens (tertiary/aromatic N) is 3. The summed E-state index contributed by atoms with van der Waals surface area (Å²) in [5.41, 5.74) is 7.12. The van der Waals surface area contributed by atoms with Crippen LogP contribution in [0.2, 0.25) is 0 Å². The van der Waals surface area contributed by atoms with E-state index in [1.165, 1.54) is 12.8 Å². The third-order valence-electron chi connectivity index (χ3n) is 3.00. The van der Waals surface area contributed by atoms with E-state index in [1.54, 1.807) is 6.20 Å². The summed E-state index contributed by atoms with van der Waals surface area (Å²) in [5.74, 6) is 0.0645. The first-order valence-corrected chi connectivity index (χ1v) is 5.43. The molecule has 0 aliphatic carbocycles. The number of hydrogen-bond donors (Lipinski definition) is 2. The Bertz CT molecular complexity index is 405. The first kappa shape index (κ1) is 10.7. The molecule has 5 nitrogen and oxygen atoms in total. The van der Waals surface area contributed by atoms with Crippen LogP contribution >= 0.6 is 0 Å². The molecule has 3 N–H and O–H groups in total. The standard InChI is InChI=1S/C11H16N4O/c1-8-4-3-7-15(8)9-5-2-6-13-10(9)11(12)14-16/h2,5-6,8,16H,3-4,7H2,1H3,(H2,12,14). The highest BCUT2D eigenvalue weighted by atomic mass is 16.4. The van der Waals surface area contributed by atoms with Gasteiger partial charge in [-0.2, -0.15) is 0 Å². The number of rotatable bonds is 2. The maximum Gasteiger partial charge on any atom is 0.190 e. The van der Waals surface area contributed by atoms with Gasteiger partial charge in [0.2, 0.25) is 0 Å². The van der Waals surface area contributed by atoms with Gasteiger partial charge < -0.3 is 15.8 Å².